The Kier molecular flexibility index (Phi) is 7.13. The van der Waals surface area contributed by atoms with Crippen LogP contribution in [-0.4, -0.2) is 35.2 Å². The average molecular weight is 343 g/mol. The van der Waals surface area contributed by atoms with Gasteiger partial charge in [-0.15, -0.1) is 0 Å². The fourth-order valence-corrected chi connectivity index (χ4v) is 2.35. The smallest absolute Gasteiger partial charge is 0.407 e. The third-order valence-corrected chi connectivity index (χ3v) is 3.73. The Labute approximate surface area is 146 Å². The number of hydrogen-bond donors (Lipinski definition) is 3. The number of benzene rings is 2. The first-order chi connectivity index (χ1) is 12.1. The number of alkyl carbamates (subject to hydrolysis) is 1. The molecule has 2 aromatic carbocycles. The quantitative estimate of drug-likeness (QED) is 0.639. The third kappa shape index (κ3) is 5.70. The fourth-order valence-electron chi connectivity index (χ4n) is 2.35. The van der Waals surface area contributed by atoms with Gasteiger partial charge in [-0.2, -0.15) is 0 Å². The molecule has 3 N–H and O–H groups in total. The molecule has 0 aliphatic heterocycles. The van der Waals surface area contributed by atoms with Crippen molar-refractivity contribution in [2.45, 2.75) is 25.2 Å². The Hall–Kier alpha value is -2.70. The zero-order chi connectivity index (χ0) is 18.1. The summed E-state index contributed by atoms with van der Waals surface area (Å²) in [7, 11) is 0. The van der Waals surface area contributed by atoms with Crippen molar-refractivity contribution in [2.24, 2.45) is 0 Å². The maximum atomic E-state index is 11.6. The molecule has 0 fully saturated rings. The maximum absolute atomic E-state index is 11.6. The van der Waals surface area contributed by atoms with Crippen LogP contribution in [0.4, 0.5) is 4.79 Å². The zero-order valence-corrected chi connectivity index (χ0v) is 13.7. The fraction of sp³-hybridized carbons (Fsp3) is 0.263. The van der Waals surface area contributed by atoms with Gasteiger partial charge in [-0.05, 0) is 17.5 Å². The van der Waals surface area contributed by atoms with Crippen molar-refractivity contribution in [1.82, 2.24) is 5.32 Å². The van der Waals surface area contributed by atoms with E-state index < -0.39 is 18.3 Å². The van der Waals surface area contributed by atoms with Crippen molar-refractivity contribution in [3.8, 4) is 0 Å². The average Bonchev–Trinajstić information content (AvgIpc) is 2.66. The van der Waals surface area contributed by atoms with Gasteiger partial charge in [-0.1, -0.05) is 54.6 Å². The molecule has 6 nitrogen and oxygen atoms in total. The number of aliphatic hydroxyl groups excluding tert-OH is 2. The van der Waals surface area contributed by atoms with Gasteiger partial charge in [0.05, 0.1) is 6.10 Å². The summed E-state index contributed by atoms with van der Waals surface area (Å²) in [5, 5.41) is 22.7. The van der Waals surface area contributed by atoms with Crippen molar-refractivity contribution in [3.05, 3.63) is 71.3 Å². The summed E-state index contributed by atoms with van der Waals surface area (Å²) in [4.78, 5) is 22.6. The molecule has 0 spiro atoms. The molecule has 0 aliphatic carbocycles. The predicted molar refractivity (Wildman–Crippen MR) is 92.0 cm³/mol. The van der Waals surface area contributed by atoms with Crippen molar-refractivity contribution in [3.63, 3.8) is 0 Å². The van der Waals surface area contributed by atoms with Crippen LogP contribution in [-0.2, 0) is 11.3 Å². The lowest BCUT2D eigenvalue weighted by atomic mass is 9.98. The van der Waals surface area contributed by atoms with Gasteiger partial charge in [0.2, 0.25) is 0 Å². The molecular formula is C19H21NO5. The highest BCUT2D eigenvalue weighted by Crippen LogP contribution is 2.21. The zero-order valence-electron chi connectivity index (χ0n) is 13.7. The van der Waals surface area contributed by atoms with E-state index in [4.69, 9.17) is 4.74 Å². The second-order valence-corrected chi connectivity index (χ2v) is 5.54. The van der Waals surface area contributed by atoms with E-state index in [1.165, 1.54) is 0 Å². The van der Waals surface area contributed by atoms with E-state index in [2.05, 4.69) is 5.32 Å². The topological polar surface area (TPSA) is 95.9 Å². The molecule has 2 unspecified atom stereocenters. The molecule has 0 aromatic heterocycles. The monoisotopic (exact) mass is 343 g/mol. The van der Waals surface area contributed by atoms with Crippen LogP contribution in [0.5, 0.6) is 0 Å². The van der Waals surface area contributed by atoms with E-state index in [-0.39, 0.29) is 19.6 Å². The van der Waals surface area contributed by atoms with E-state index in [1.807, 2.05) is 30.3 Å². The molecule has 2 atom stereocenters. The Morgan fingerprint density at radius 1 is 1.08 bits per heavy atom. The number of carbonyl (C=O) groups is 2. The van der Waals surface area contributed by atoms with Crippen molar-refractivity contribution >= 4 is 12.4 Å². The third-order valence-electron chi connectivity index (χ3n) is 3.73. The molecule has 0 heterocycles. The number of amides is 1. The Bertz CT molecular complexity index is 689. The van der Waals surface area contributed by atoms with E-state index >= 15 is 0 Å². The number of aliphatic hydroxyl groups is 2. The van der Waals surface area contributed by atoms with Gasteiger partial charge in [-0.25, -0.2) is 4.79 Å². The lowest BCUT2D eigenvalue weighted by Crippen LogP contribution is -2.30. The number of aldehydes is 1. The number of hydrogen-bond acceptors (Lipinski definition) is 5. The van der Waals surface area contributed by atoms with Crippen LogP contribution in [0.2, 0.25) is 0 Å². The summed E-state index contributed by atoms with van der Waals surface area (Å²) >= 11 is 0. The molecule has 0 saturated heterocycles. The van der Waals surface area contributed by atoms with Crippen LogP contribution in [0.15, 0.2) is 54.6 Å². The van der Waals surface area contributed by atoms with Gasteiger partial charge in [0.15, 0.2) is 0 Å². The van der Waals surface area contributed by atoms with E-state index in [0.717, 1.165) is 5.56 Å². The van der Waals surface area contributed by atoms with Crippen LogP contribution >= 0.6 is 0 Å². The first kappa shape index (κ1) is 18.6. The van der Waals surface area contributed by atoms with Gasteiger partial charge >= 0.3 is 6.09 Å². The standard InChI is InChI=1S/C19H21NO5/c21-12-15-8-4-5-9-16(15)18(23)17(22)10-11-20-19(24)25-13-14-6-2-1-3-7-14/h1-9,12,17-18,22-23H,10-11,13H2,(H,20,24). The summed E-state index contributed by atoms with van der Waals surface area (Å²) in [6.45, 7) is 0.291. The highest BCUT2D eigenvalue weighted by Gasteiger charge is 2.20. The summed E-state index contributed by atoms with van der Waals surface area (Å²) in [6, 6.07) is 15.8. The summed E-state index contributed by atoms with van der Waals surface area (Å²) in [5.74, 6) is 0. The highest BCUT2D eigenvalue weighted by molar-refractivity contribution is 5.77. The lowest BCUT2D eigenvalue weighted by Gasteiger charge is -2.19. The number of ether oxygens (including phenoxy) is 1. The van der Waals surface area contributed by atoms with Gasteiger partial charge in [0.25, 0.3) is 0 Å². The minimum atomic E-state index is -1.21. The summed E-state index contributed by atoms with van der Waals surface area (Å²) in [5.41, 5.74) is 1.56. The SMILES string of the molecule is O=Cc1ccccc1C(O)C(O)CCNC(=O)OCc1ccccc1. The Morgan fingerprint density at radius 2 is 1.76 bits per heavy atom. The maximum Gasteiger partial charge on any atom is 0.407 e. The number of carbonyl (C=O) groups excluding carboxylic acids is 2. The minimum Gasteiger partial charge on any atom is -0.445 e. The Morgan fingerprint density at radius 3 is 2.48 bits per heavy atom. The second kappa shape index (κ2) is 9.56. The molecule has 2 aromatic rings. The number of nitrogens with one attached hydrogen (secondary N) is 1. The van der Waals surface area contributed by atoms with E-state index in [0.29, 0.717) is 17.4 Å². The van der Waals surface area contributed by atoms with Gasteiger partial charge < -0.3 is 20.3 Å². The van der Waals surface area contributed by atoms with Crippen molar-refractivity contribution in [2.75, 3.05) is 6.54 Å². The molecule has 2 rings (SSSR count). The Balaban J connectivity index is 1.75. The second-order valence-electron chi connectivity index (χ2n) is 5.54. The van der Waals surface area contributed by atoms with E-state index in [9.17, 15) is 19.8 Å². The largest absolute Gasteiger partial charge is 0.445 e. The van der Waals surface area contributed by atoms with Crippen LogP contribution in [0.3, 0.4) is 0 Å². The van der Waals surface area contributed by atoms with Crippen LogP contribution in [0.1, 0.15) is 34.0 Å². The van der Waals surface area contributed by atoms with Gasteiger partial charge in [0.1, 0.15) is 19.0 Å². The van der Waals surface area contributed by atoms with Crippen molar-refractivity contribution in [1.29, 1.82) is 0 Å². The first-order valence-corrected chi connectivity index (χ1v) is 7.96. The molecule has 0 radical (unpaired) electrons. The number of rotatable bonds is 8. The molecule has 6 heteroatoms. The van der Waals surface area contributed by atoms with Crippen molar-refractivity contribution < 1.29 is 24.5 Å². The molecular weight excluding hydrogens is 322 g/mol. The predicted octanol–water partition coefficient (Wildman–Crippen LogP) is 2.21. The molecule has 0 aliphatic rings. The molecule has 0 saturated carbocycles. The van der Waals surface area contributed by atoms with Crippen LogP contribution < -0.4 is 5.32 Å². The molecule has 1 amide bonds. The van der Waals surface area contributed by atoms with Crippen LogP contribution in [0.25, 0.3) is 0 Å². The van der Waals surface area contributed by atoms with E-state index in [1.54, 1.807) is 24.3 Å². The normalized spacial score (nSPS) is 12.9. The molecule has 132 valence electrons. The molecule has 0 bridgehead atoms. The summed E-state index contributed by atoms with van der Waals surface area (Å²) in [6.07, 6.45) is -2.17. The van der Waals surface area contributed by atoms with Crippen LogP contribution in [0, 0.1) is 0 Å². The highest BCUT2D eigenvalue weighted by atomic mass is 16.5. The minimum absolute atomic E-state index is 0.120. The lowest BCUT2D eigenvalue weighted by molar-refractivity contribution is 0.0133. The van der Waals surface area contributed by atoms with Gasteiger partial charge in [0, 0.05) is 12.1 Å². The first-order valence-electron chi connectivity index (χ1n) is 7.96. The summed E-state index contributed by atoms with van der Waals surface area (Å²) < 4.78 is 5.05. The van der Waals surface area contributed by atoms with Gasteiger partial charge in [-0.3, -0.25) is 4.79 Å². The molecule has 25 heavy (non-hydrogen) atoms.